The van der Waals surface area contributed by atoms with Crippen LogP contribution in [0.25, 0.3) is 0 Å². The standard InChI is InChI=1S/C22H34ClNO/c1-2-3-4-5-6-7-8-9-10-11-12-13-14-18-24-21-17-15-16-20(19-21)22(23)25/h11-12,15-17,19,24H,2-10,13-14,18H2,1H3. The Hall–Kier alpha value is -1.28. The lowest BCUT2D eigenvalue weighted by Crippen LogP contribution is -2.01. The zero-order chi connectivity index (χ0) is 18.2. The van der Waals surface area contributed by atoms with Crippen molar-refractivity contribution < 1.29 is 4.79 Å². The molecule has 0 spiro atoms. The summed E-state index contributed by atoms with van der Waals surface area (Å²) in [6.45, 7) is 3.17. The second kappa shape index (κ2) is 15.0. The van der Waals surface area contributed by atoms with Gasteiger partial charge in [0.1, 0.15) is 0 Å². The molecule has 2 nitrogen and oxygen atoms in total. The van der Waals surface area contributed by atoms with E-state index in [2.05, 4.69) is 24.4 Å². The van der Waals surface area contributed by atoms with Crippen molar-refractivity contribution in [2.75, 3.05) is 11.9 Å². The first-order valence-electron chi connectivity index (χ1n) is 9.92. The third kappa shape index (κ3) is 11.8. The highest BCUT2D eigenvalue weighted by Gasteiger charge is 2.01. The van der Waals surface area contributed by atoms with Gasteiger partial charge in [-0.05, 0) is 55.5 Å². The molecule has 0 saturated carbocycles. The van der Waals surface area contributed by atoms with Crippen molar-refractivity contribution in [3.8, 4) is 0 Å². The molecule has 0 aromatic heterocycles. The maximum Gasteiger partial charge on any atom is 0.252 e. The molecule has 0 aliphatic heterocycles. The molecular formula is C22H34ClNO. The Balaban J connectivity index is 1.95. The zero-order valence-corrected chi connectivity index (χ0v) is 16.5. The van der Waals surface area contributed by atoms with Crippen LogP contribution in [0, 0.1) is 0 Å². The van der Waals surface area contributed by atoms with Crippen molar-refractivity contribution in [3.05, 3.63) is 42.0 Å². The Bertz CT molecular complexity index is 499. The van der Waals surface area contributed by atoms with Crippen molar-refractivity contribution in [2.24, 2.45) is 0 Å². The number of carbonyl (C=O) groups is 1. The molecule has 0 aliphatic rings. The molecule has 0 amide bonds. The van der Waals surface area contributed by atoms with E-state index in [9.17, 15) is 4.79 Å². The number of carbonyl (C=O) groups excluding carboxylic acids is 1. The number of halogens is 1. The number of anilines is 1. The molecule has 1 aromatic rings. The summed E-state index contributed by atoms with van der Waals surface area (Å²) in [5.74, 6) is 0. The predicted molar refractivity (Wildman–Crippen MR) is 111 cm³/mol. The largest absolute Gasteiger partial charge is 0.385 e. The topological polar surface area (TPSA) is 29.1 Å². The first-order chi connectivity index (χ1) is 12.2. The highest BCUT2D eigenvalue weighted by molar-refractivity contribution is 6.67. The van der Waals surface area contributed by atoms with Crippen molar-refractivity contribution >= 4 is 22.5 Å². The van der Waals surface area contributed by atoms with Crippen molar-refractivity contribution in [3.63, 3.8) is 0 Å². The molecule has 0 fully saturated rings. The van der Waals surface area contributed by atoms with Gasteiger partial charge in [-0.15, -0.1) is 0 Å². The van der Waals surface area contributed by atoms with Crippen LogP contribution in [0.2, 0.25) is 0 Å². The Morgan fingerprint density at radius 3 is 2.28 bits per heavy atom. The summed E-state index contributed by atoms with van der Waals surface area (Å²) < 4.78 is 0. The molecule has 0 saturated heterocycles. The molecule has 1 aromatic carbocycles. The second-order valence-electron chi connectivity index (χ2n) is 6.66. The van der Waals surface area contributed by atoms with Gasteiger partial charge in [0.2, 0.25) is 0 Å². The van der Waals surface area contributed by atoms with Crippen molar-refractivity contribution in [1.29, 1.82) is 0 Å². The Morgan fingerprint density at radius 1 is 0.960 bits per heavy atom. The smallest absolute Gasteiger partial charge is 0.252 e. The molecule has 0 bridgehead atoms. The molecular weight excluding hydrogens is 330 g/mol. The monoisotopic (exact) mass is 363 g/mol. The van der Waals surface area contributed by atoms with Gasteiger partial charge in [-0.2, -0.15) is 0 Å². The average Bonchev–Trinajstić information content (AvgIpc) is 2.62. The summed E-state index contributed by atoms with van der Waals surface area (Å²) in [5, 5.41) is 2.93. The zero-order valence-electron chi connectivity index (χ0n) is 15.7. The lowest BCUT2D eigenvalue weighted by atomic mass is 10.1. The van der Waals surface area contributed by atoms with Gasteiger partial charge in [0.15, 0.2) is 0 Å². The van der Waals surface area contributed by atoms with E-state index >= 15 is 0 Å². The highest BCUT2D eigenvalue weighted by Crippen LogP contribution is 2.13. The van der Waals surface area contributed by atoms with E-state index in [-0.39, 0.29) is 0 Å². The fourth-order valence-electron chi connectivity index (χ4n) is 2.84. The van der Waals surface area contributed by atoms with E-state index in [0.717, 1.165) is 25.1 Å². The predicted octanol–water partition coefficient (Wildman–Crippen LogP) is 7.34. The molecule has 3 heteroatoms. The Labute approximate surface area is 159 Å². The molecule has 1 N–H and O–H groups in total. The maximum atomic E-state index is 11.1. The third-order valence-electron chi connectivity index (χ3n) is 4.36. The van der Waals surface area contributed by atoms with Crippen molar-refractivity contribution in [1.82, 2.24) is 0 Å². The minimum atomic E-state index is -0.410. The summed E-state index contributed by atoms with van der Waals surface area (Å²) in [7, 11) is 0. The van der Waals surface area contributed by atoms with Gasteiger partial charge in [0.05, 0.1) is 0 Å². The number of hydrogen-bond acceptors (Lipinski definition) is 2. The van der Waals surface area contributed by atoms with Gasteiger partial charge in [-0.25, -0.2) is 0 Å². The van der Waals surface area contributed by atoms with E-state index in [1.54, 1.807) is 12.1 Å². The molecule has 0 aliphatic carbocycles. The average molecular weight is 364 g/mol. The highest BCUT2D eigenvalue weighted by atomic mass is 35.5. The molecule has 0 radical (unpaired) electrons. The van der Waals surface area contributed by atoms with Crippen LogP contribution < -0.4 is 5.32 Å². The first kappa shape index (κ1) is 21.8. The van der Waals surface area contributed by atoms with Crippen LogP contribution in [-0.2, 0) is 0 Å². The van der Waals surface area contributed by atoms with Crippen LogP contribution in [0.15, 0.2) is 36.4 Å². The van der Waals surface area contributed by atoms with Crippen molar-refractivity contribution in [2.45, 2.75) is 77.6 Å². The second-order valence-corrected chi connectivity index (χ2v) is 7.00. The number of rotatable bonds is 15. The van der Waals surface area contributed by atoms with Gasteiger partial charge in [-0.3, -0.25) is 4.79 Å². The summed E-state index contributed by atoms with van der Waals surface area (Å²) in [6, 6.07) is 7.34. The summed E-state index contributed by atoms with van der Waals surface area (Å²) in [5.41, 5.74) is 1.49. The summed E-state index contributed by atoms with van der Waals surface area (Å²) in [4.78, 5) is 11.1. The molecule has 0 atom stereocenters. The lowest BCUT2D eigenvalue weighted by Gasteiger charge is -2.06. The van der Waals surface area contributed by atoms with Crippen LogP contribution in [0.1, 0.15) is 87.9 Å². The van der Waals surface area contributed by atoms with Crippen LogP contribution in [0.5, 0.6) is 0 Å². The van der Waals surface area contributed by atoms with Crippen LogP contribution in [-0.4, -0.2) is 11.8 Å². The normalized spacial score (nSPS) is 11.1. The molecule has 0 unspecified atom stereocenters. The third-order valence-corrected chi connectivity index (χ3v) is 4.58. The van der Waals surface area contributed by atoms with E-state index in [0.29, 0.717) is 5.56 Å². The SMILES string of the molecule is CCCCCCCCCCC=CCCCNc1cccc(C(=O)Cl)c1. The maximum absolute atomic E-state index is 11.1. The Morgan fingerprint density at radius 2 is 1.60 bits per heavy atom. The number of nitrogens with one attached hydrogen (secondary N) is 1. The lowest BCUT2D eigenvalue weighted by molar-refractivity contribution is 0.108. The van der Waals surface area contributed by atoms with Crippen LogP contribution in [0.3, 0.4) is 0 Å². The van der Waals surface area contributed by atoms with Gasteiger partial charge in [-0.1, -0.05) is 70.1 Å². The summed E-state index contributed by atoms with van der Waals surface area (Å²) in [6.07, 6.45) is 19.1. The molecule has 25 heavy (non-hydrogen) atoms. The fraction of sp³-hybridized carbons (Fsp3) is 0.591. The first-order valence-corrected chi connectivity index (χ1v) is 10.3. The van der Waals surface area contributed by atoms with E-state index in [1.807, 2.05) is 12.1 Å². The minimum absolute atomic E-state index is 0.410. The van der Waals surface area contributed by atoms with Crippen LogP contribution >= 0.6 is 11.6 Å². The fourth-order valence-corrected chi connectivity index (χ4v) is 2.95. The quantitative estimate of drug-likeness (QED) is 0.200. The van der Waals surface area contributed by atoms with E-state index in [1.165, 1.54) is 57.8 Å². The van der Waals surface area contributed by atoms with E-state index in [4.69, 9.17) is 11.6 Å². The number of benzene rings is 1. The molecule has 140 valence electrons. The molecule has 1 rings (SSSR count). The Kier molecular flexibility index (Phi) is 13.1. The number of hydrogen-bond donors (Lipinski definition) is 1. The van der Waals surface area contributed by atoms with Gasteiger partial charge < -0.3 is 5.32 Å². The summed E-state index contributed by atoms with van der Waals surface area (Å²) >= 11 is 5.49. The van der Waals surface area contributed by atoms with Crippen LogP contribution in [0.4, 0.5) is 5.69 Å². The molecule has 0 heterocycles. The van der Waals surface area contributed by atoms with Gasteiger partial charge in [0, 0.05) is 17.8 Å². The minimum Gasteiger partial charge on any atom is -0.385 e. The number of allylic oxidation sites excluding steroid dienone is 2. The van der Waals surface area contributed by atoms with Gasteiger partial charge in [0.25, 0.3) is 5.24 Å². The number of unbranched alkanes of at least 4 members (excludes halogenated alkanes) is 9. The van der Waals surface area contributed by atoms with E-state index < -0.39 is 5.24 Å². The van der Waals surface area contributed by atoms with Gasteiger partial charge >= 0.3 is 0 Å².